The van der Waals surface area contributed by atoms with Gasteiger partial charge in [0.05, 0.1) is 16.9 Å². The lowest BCUT2D eigenvalue weighted by Crippen LogP contribution is -2.34. The first-order chi connectivity index (χ1) is 11.2. The number of benzene rings is 2. The molecule has 0 aliphatic carbocycles. The first-order valence-corrected chi connectivity index (χ1v) is 8.93. The standard InChI is InChI=1S/C18H19FO3S/c19-14-9-11-15(12-10-14)21-13-16-5-4-8-18(22-16)23(20)17-6-2-1-3-7-17/h1-3,6-7,9-12,16,18H,4-5,8,13H2. The average Bonchev–Trinajstić information content (AvgIpc) is 2.61. The van der Waals surface area contributed by atoms with E-state index < -0.39 is 10.8 Å². The van der Waals surface area contributed by atoms with Crippen molar-refractivity contribution in [1.82, 2.24) is 0 Å². The molecule has 3 rings (SSSR count). The van der Waals surface area contributed by atoms with Gasteiger partial charge in [-0.2, -0.15) is 0 Å². The molecule has 0 radical (unpaired) electrons. The Morgan fingerprint density at radius 1 is 1.09 bits per heavy atom. The third kappa shape index (κ3) is 4.39. The zero-order valence-corrected chi connectivity index (χ0v) is 13.5. The van der Waals surface area contributed by atoms with Crippen LogP contribution in [0.25, 0.3) is 0 Å². The Morgan fingerprint density at radius 2 is 1.83 bits per heavy atom. The van der Waals surface area contributed by atoms with Crippen LogP contribution in [0.2, 0.25) is 0 Å². The normalized spacial score (nSPS) is 22.5. The molecule has 0 bridgehead atoms. The summed E-state index contributed by atoms with van der Waals surface area (Å²) < 4.78 is 37.0. The van der Waals surface area contributed by atoms with Crippen molar-refractivity contribution in [3.63, 3.8) is 0 Å². The lowest BCUT2D eigenvalue weighted by molar-refractivity contribution is -0.0298. The van der Waals surface area contributed by atoms with Crippen molar-refractivity contribution >= 4 is 10.8 Å². The van der Waals surface area contributed by atoms with E-state index in [0.29, 0.717) is 12.4 Å². The monoisotopic (exact) mass is 334 g/mol. The van der Waals surface area contributed by atoms with Gasteiger partial charge in [0.15, 0.2) is 0 Å². The summed E-state index contributed by atoms with van der Waals surface area (Å²) in [6.07, 6.45) is 2.53. The zero-order chi connectivity index (χ0) is 16.1. The van der Waals surface area contributed by atoms with Crippen molar-refractivity contribution in [3.8, 4) is 5.75 Å². The van der Waals surface area contributed by atoms with Crippen LogP contribution in [0, 0.1) is 5.82 Å². The molecule has 1 aliphatic heterocycles. The van der Waals surface area contributed by atoms with Crippen molar-refractivity contribution in [2.45, 2.75) is 35.7 Å². The fraction of sp³-hybridized carbons (Fsp3) is 0.333. The first kappa shape index (κ1) is 16.1. The van der Waals surface area contributed by atoms with E-state index in [1.165, 1.54) is 12.1 Å². The number of hydrogen-bond donors (Lipinski definition) is 0. The summed E-state index contributed by atoms with van der Waals surface area (Å²) in [6, 6.07) is 15.3. The lowest BCUT2D eigenvalue weighted by Gasteiger charge is -2.29. The molecule has 1 saturated heterocycles. The van der Waals surface area contributed by atoms with Gasteiger partial charge in [-0.1, -0.05) is 18.2 Å². The molecule has 0 saturated carbocycles. The summed E-state index contributed by atoms with van der Waals surface area (Å²) in [5.74, 6) is 0.325. The molecule has 122 valence electrons. The number of halogens is 1. The maximum atomic E-state index is 12.9. The molecule has 3 atom stereocenters. The highest BCUT2D eigenvalue weighted by Crippen LogP contribution is 2.25. The Morgan fingerprint density at radius 3 is 2.57 bits per heavy atom. The molecule has 1 heterocycles. The predicted molar refractivity (Wildman–Crippen MR) is 87.3 cm³/mol. The van der Waals surface area contributed by atoms with Crippen molar-refractivity contribution in [2.75, 3.05) is 6.61 Å². The van der Waals surface area contributed by atoms with Crippen LogP contribution in [0.1, 0.15) is 19.3 Å². The Balaban J connectivity index is 1.56. The molecule has 2 aromatic carbocycles. The van der Waals surface area contributed by atoms with Gasteiger partial charge in [-0.15, -0.1) is 0 Å². The van der Waals surface area contributed by atoms with Crippen LogP contribution in [-0.2, 0) is 15.5 Å². The summed E-state index contributed by atoms with van der Waals surface area (Å²) in [6.45, 7) is 0.383. The third-order valence-corrected chi connectivity index (χ3v) is 5.34. The molecule has 0 amide bonds. The quantitative estimate of drug-likeness (QED) is 0.832. The molecule has 3 unspecified atom stereocenters. The minimum Gasteiger partial charge on any atom is -0.491 e. The van der Waals surface area contributed by atoms with Crippen LogP contribution in [0.4, 0.5) is 4.39 Å². The maximum Gasteiger partial charge on any atom is 0.137 e. The minimum atomic E-state index is -1.17. The van der Waals surface area contributed by atoms with Crippen molar-refractivity contribution in [2.24, 2.45) is 0 Å². The van der Waals surface area contributed by atoms with Gasteiger partial charge >= 0.3 is 0 Å². The van der Waals surface area contributed by atoms with Gasteiger partial charge in [-0.3, -0.25) is 4.21 Å². The molecule has 2 aromatic rings. The van der Waals surface area contributed by atoms with Crippen molar-refractivity contribution < 1.29 is 18.1 Å². The first-order valence-electron chi connectivity index (χ1n) is 7.72. The number of ether oxygens (including phenoxy) is 2. The molecule has 1 fully saturated rings. The molecule has 0 spiro atoms. The molecular formula is C18H19FO3S. The van der Waals surface area contributed by atoms with Crippen LogP contribution >= 0.6 is 0 Å². The van der Waals surface area contributed by atoms with E-state index in [-0.39, 0.29) is 17.4 Å². The van der Waals surface area contributed by atoms with Gasteiger partial charge in [0.2, 0.25) is 0 Å². The highest BCUT2D eigenvalue weighted by Gasteiger charge is 2.28. The van der Waals surface area contributed by atoms with Crippen LogP contribution in [0.5, 0.6) is 5.75 Å². The number of hydrogen-bond acceptors (Lipinski definition) is 3. The highest BCUT2D eigenvalue weighted by molar-refractivity contribution is 7.85. The fourth-order valence-corrected chi connectivity index (χ4v) is 3.94. The van der Waals surface area contributed by atoms with E-state index in [1.807, 2.05) is 30.3 Å². The zero-order valence-electron chi connectivity index (χ0n) is 12.7. The van der Waals surface area contributed by atoms with E-state index in [9.17, 15) is 8.60 Å². The summed E-state index contributed by atoms with van der Waals surface area (Å²) >= 11 is 0. The van der Waals surface area contributed by atoms with E-state index >= 15 is 0 Å². The Bertz CT molecular complexity index is 645. The SMILES string of the molecule is O=S(c1ccccc1)C1CCCC(COc2ccc(F)cc2)O1. The number of rotatable bonds is 5. The summed E-state index contributed by atoms with van der Waals surface area (Å²) in [5.41, 5.74) is -0.298. The third-order valence-electron chi connectivity index (χ3n) is 3.77. The van der Waals surface area contributed by atoms with Crippen molar-refractivity contribution in [3.05, 3.63) is 60.4 Å². The van der Waals surface area contributed by atoms with Gasteiger partial charge in [-0.25, -0.2) is 4.39 Å². The second kappa shape index (κ2) is 7.70. The average molecular weight is 334 g/mol. The topological polar surface area (TPSA) is 35.5 Å². The molecule has 23 heavy (non-hydrogen) atoms. The van der Waals surface area contributed by atoms with E-state index in [1.54, 1.807) is 12.1 Å². The second-order valence-corrected chi connectivity index (χ2v) is 7.09. The van der Waals surface area contributed by atoms with Crippen molar-refractivity contribution in [1.29, 1.82) is 0 Å². The van der Waals surface area contributed by atoms with Gasteiger partial charge in [0.1, 0.15) is 23.6 Å². The van der Waals surface area contributed by atoms with Gasteiger partial charge < -0.3 is 9.47 Å². The summed E-state index contributed by atoms with van der Waals surface area (Å²) in [5, 5.41) is 0. The summed E-state index contributed by atoms with van der Waals surface area (Å²) in [7, 11) is -1.17. The lowest BCUT2D eigenvalue weighted by atomic mass is 10.1. The van der Waals surface area contributed by atoms with E-state index in [2.05, 4.69) is 0 Å². The van der Waals surface area contributed by atoms with Crippen LogP contribution in [0.15, 0.2) is 59.5 Å². The maximum absolute atomic E-state index is 12.9. The Kier molecular flexibility index (Phi) is 5.41. The van der Waals surface area contributed by atoms with Gasteiger partial charge in [0.25, 0.3) is 0 Å². The van der Waals surface area contributed by atoms with Gasteiger partial charge in [-0.05, 0) is 55.7 Å². The van der Waals surface area contributed by atoms with Crippen LogP contribution < -0.4 is 4.74 Å². The second-order valence-electron chi connectivity index (χ2n) is 5.49. The van der Waals surface area contributed by atoms with E-state index in [0.717, 1.165) is 24.2 Å². The van der Waals surface area contributed by atoms with Crippen LogP contribution in [0.3, 0.4) is 0 Å². The highest BCUT2D eigenvalue weighted by atomic mass is 32.2. The molecule has 0 N–H and O–H groups in total. The molecular weight excluding hydrogens is 315 g/mol. The Labute approximate surface area is 137 Å². The smallest absolute Gasteiger partial charge is 0.137 e. The largest absolute Gasteiger partial charge is 0.491 e. The van der Waals surface area contributed by atoms with E-state index in [4.69, 9.17) is 9.47 Å². The predicted octanol–water partition coefficient (Wildman–Crippen LogP) is 3.91. The molecule has 5 heteroatoms. The molecule has 3 nitrogen and oxygen atoms in total. The fourth-order valence-electron chi connectivity index (χ4n) is 2.57. The molecule has 0 aromatic heterocycles. The van der Waals surface area contributed by atoms with Gasteiger partial charge in [0, 0.05) is 4.90 Å². The Hall–Kier alpha value is -1.72. The van der Waals surface area contributed by atoms with Crippen LogP contribution in [-0.4, -0.2) is 22.4 Å². The minimum absolute atomic E-state index is 0.0912. The molecule has 1 aliphatic rings. The summed E-state index contributed by atoms with van der Waals surface area (Å²) in [4.78, 5) is 0.789.